The van der Waals surface area contributed by atoms with E-state index < -0.39 is 30.2 Å². The largest absolute Gasteiger partial charge is 0.478 e. The molecule has 2 aliphatic carbocycles. The number of urea groups is 1. The second kappa shape index (κ2) is 10.4. The summed E-state index contributed by atoms with van der Waals surface area (Å²) in [6.07, 6.45) is 4.77. The Morgan fingerprint density at radius 1 is 1.21 bits per heavy atom. The van der Waals surface area contributed by atoms with Gasteiger partial charge < -0.3 is 20.5 Å². The van der Waals surface area contributed by atoms with E-state index in [1.54, 1.807) is 6.08 Å². The zero-order valence-electron chi connectivity index (χ0n) is 16.8. The smallest absolute Gasteiger partial charge is 0.331 e. The molecule has 1 saturated carbocycles. The Balaban J connectivity index is 2.11. The van der Waals surface area contributed by atoms with Crippen molar-refractivity contribution in [1.82, 2.24) is 21.5 Å². The molecule has 0 heterocycles. The van der Waals surface area contributed by atoms with E-state index in [4.69, 9.17) is 4.74 Å². The lowest BCUT2D eigenvalue weighted by molar-refractivity contribution is -0.133. The molecule has 28 heavy (non-hydrogen) atoms. The molecule has 3 amide bonds. The maximum atomic E-state index is 12.3. The molecule has 9 heteroatoms. The lowest BCUT2D eigenvalue weighted by Crippen LogP contribution is -2.61. The summed E-state index contributed by atoms with van der Waals surface area (Å²) in [5, 5.41) is 15.1. The van der Waals surface area contributed by atoms with Crippen molar-refractivity contribution in [3.8, 4) is 0 Å². The summed E-state index contributed by atoms with van der Waals surface area (Å²) in [6.45, 7) is 6.06. The molecule has 0 saturated heterocycles. The second-order valence-corrected chi connectivity index (χ2v) is 7.50. The SMILES string of the molecule is CCC(CC)O[C@@H]1C=C(C(=O)O)C[C@H](NC(=O)NNCC2CC2)[C@H]1NC(C)=O. The maximum Gasteiger partial charge on any atom is 0.331 e. The van der Waals surface area contributed by atoms with Gasteiger partial charge in [-0.15, -0.1) is 0 Å². The Morgan fingerprint density at radius 2 is 1.89 bits per heavy atom. The van der Waals surface area contributed by atoms with Gasteiger partial charge in [-0.3, -0.25) is 10.2 Å². The minimum atomic E-state index is -1.06. The fourth-order valence-corrected chi connectivity index (χ4v) is 3.31. The number of rotatable bonds is 10. The van der Waals surface area contributed by atoms with Gasteiger partial charge in [0.15, 0.2) is 0 Å². The van der Waals surface area contributed by atoms with E-state index in [1.807, 2.05) is 13.8 Å². The van der Waals surface area contributed by atoms with Crippen molar-refractivity contribution >= 4 is 17.9 Å². The molecule has 5 N–H and O–H groups in total. The molecule has 0 aromatic heterocycles. The summed E-state index contributed by atoms with van der Waals surface area (Å²) in [5.74, 6) is -0.727. The van der Waals surface area contributed by atoms with Crippen LogP contribution in [0.5, 0.6) is 0 Å². The number of carboxylic acid groups (broad SMARTS) is 1. The first-order valence-corrected chi connectivity index (χ1v) is 9.99. The van der Waals surface area contributed by atoms with Crippen LogP contribution in [0.3, 0.4) is 0 Å². The molecule has 0 aromatic rings. The van der Waals surface area contributed by atoms with E-state index in [1.165, 1.54) is 6.92 Å². The average molecular weight is 396 g/mol. The molecule has 0 aromatic carbocycles. The van der Waals surface area contributed by atoms with E-state index in [0.29, 0.717) is 12.5 Å². The van der Waals surface area contributed by atoms with Crippen LogP contribution in [-0.2, 0) is 14.3 Å². The normalized spacial score (nSPS) is 24.4. The van der Waals surface area contributed by atoms with Crippen LogP contribution in [0, 0.1) is 5.92 Å². The van der Waals surface area contributed by atoms with Crippen LogP contribution < -0.4 is 21.5 Å². The van der Waals surface area contributed by atoms with E-state index in [2.05, 4.69) is 21.5 Å². The molecule has 9 nitrogen and oxygen atoms in total. The molecule has 0 spiro atoms. The first-order chi connectivity index (χ1) is 13.3. The molecule has 3 atom stereocenters. The Hall–Kier alpha value is -2.13. The lowest BCUT2D eigenvalue weighted by Gasteiger charge is -2.38. The lowest BCUT2D eigenvalue weighted by atomic mass is 9.87. The second-order valence-electron chi connectivity index (χ2n) is 7.50. The molecule has 0 unspecified atom stereocenters. The van der Waals surface area contributed by atoms with Gasteiger partial charge >= 0.3 is 12.0 Å². The van der Waals surface area contributed by atoms with Gasteiger partial charge in [-0.1, -0.05) is 13.8 Å². The summed E-state index contributed by atoms with van der Waals surface area (Å²) in [5.41, 5.74) is 5.61. The van der Waals surface area contributed by atoms with Gasteiger partial charge in [-0.05, 0) is 37.7 Å². The minimum Gasteiger partial charge on any atom is -0.478 e. The topological polar surface area (TPSA) is 129 Å². The summed E-state index contributed by atoms with van der Waals surface area (Å²) < 4.78 is 6.07. The van der Waals surface area contributed by atoms with Gasteiger partial charge in [-0.2, -0.15) is 0 Å². The van der Waals surface area contributed by atoms with E-state index in [9.17, 15) is 19.5 Å². The van der Waals surface area contributed by atoms with Crippen molar-refractivity contribution in [2.24, 2.45) is 5.92 Å². The van der Waals surface area contributed by atoms with E-state index in [-0.39, 0.29) is 24.0 Å². The van der Waals surface area contributed by atoms with Crippen molar-refractivity contribution < 1.29 is 24.2 Å². The number of ether oxygens (including phenoxy) is 1. The fraction of sp³-hybridized carbons (Fsp3) is 0.737. The van der Waals surface area contributed by atoms with Crippen LogP contribution in [0.25, 0.3) is 0 Å². The Labute approximate surface area is 165 Å². The first kappa shape index (κ1) is 22.2. The summed E-state index contributed by atoms with van der Waals surface area (Å²) in [4.78, 5) is 35.6. The van der Waals surface area contributed by atoms with E-state index in [0.717, 1.165) is 25.7 Å². The highest BCUT2D eigenvalue weighted by atomic mass is 16.5. The van der Waals surface area contributed by atoms with Crippen LogP contribution in [0.15, 0.2) is 11.6 Å². The highest BCUT2D eigenvalue weighted by Crippen LogP contribution is 2.27. The number of carbonyl (C=O) groups is 3. The number of carboxylic acids is 1. The summed E-state index contributed by atoms with van der Waals surface area (Å²) in [6, 6.07) is -1.63. The zero-order valence-corrected chi connectivity index (χ0v) is 16.8. The van der Waals surface area contributed by atoms with Crippen molar-refractivity contribution in [2.45, 2.75) is 77.2 Å². The average Bonchev–Trinajstić information content (AvgIpc) is 3.45. The fourth-order valence-electron chi connectivity index (χ4n) is 3.31. The van der Waals surface area contributed by atoms with Gasteiger partial charge in [0.1, 0.15) is 0 Å². The zero-order chi connectivity index (χ0) is 20.7. The van der Waals surface area contributed by atoms with Gasteiger partial charge in [0.25, 0.3) is 0 Å². The Morgan fingerprint density at radius 3 is 2.43 bits per heavy atom. The van der Waals surface area contributed by atoms with Crippen LogP contribution in [0.4, 0.5) is 4.79 Å². The quantitative estimate of drug-likeness (QED) is 0.351. The molecular weight excluding hydrogens is 364 g/mol. The molecule has 0 radical (unpaired) electrons. The minimum absolute atomic E-state index is 0.0691. The molecular formula is C19H32N4O5. The molecule has 2 rings (SSSR count). The number of hydrogen-bond donors (Lipinski definition) is 5. The van der Waals surface area contributed by atoms with Crippen molar-refractivity contribution in [3.05, 3.63) is 11.6 Å². The number of aliphatic carboxylic acids is 1. The van der Waals surface area contributed by atoms with E-state index >= 15 is 0 Å². The predicted octanol–water partition coefficient (Wildman–Crippen LogP) is 1.06. The third-order valence-corrected chi connectivity index (χ3v) is 5.10. The summed E-state index contributed by atoms with van der Waals surface area (Å²) >= 11 is 0. The van der Waals surface area contributed by atoms with Crippen LogP contribution >= 0.6 is 0 Å². The summed E-state index contributed by atoms with van der Waals surface area (Å²) in [7, 11) is 0. The number of hydrogen-bond acceptors (Lipinski definition) is 5. The Kier molecular flexibility index (Phi) is 8.25. The first-order valence-electron chi connectivity index (χ1n) is 9.99. The number of hydrazine groups is 1. The van der Waals surface area contributed by atoms with Crippen LogP contribution in [0.2, 0.25) is 0 Å². The van der Waals surface area contributed by atoms with Gasteiger partial charge in [0, 0.05) is 25.5 Å². The number of nitrogens with one attached hydrogen (secondary N) is 4. The predicted molar refractivity (Wildman–Crippen MR) is 103 cm³/mol. The number of amides is 3. The molecule has 0 bridgehead atoms. The number of carbonyl (C=O) groups excluding carboxylic acids is 2. The monoisotopic (exact) mass is 396 g/mol. The van der Waals surface area contributed by atoms with Crippen molar-refractivity contribution in [1.29, 1.82) is 0 Å². The maximum absolute atomic E-state index is 12.3. The third kappa shape index (κ3) is 6.79. The van der Waals surface area contributed by atoms with Crippen molar-refractivity contribution in [3.63, 3.8) is 0 Å². The van der Waals surface area contributed by atoms with Crippen molar-refractivity contribution in [2.75, 3.05) is 6.54 Å². The van der Waals surface area contributed by atoms with Gasteiger partial charge in [0.05, 0.1) is 24.3 Å². The third-order valence-electron chi connectivity index (χ3n) is 5.10. The highest BCUT2D eigenvalue weighted by Gasteiger charge is 2.38. The molecule has 1 fully saturated rings. The van der Waals surface area contributed by atoms with Crippen LogP contribution in [-0.4, -0.2) is 53.9 Å². The molecule has 2 aliphatic rings. The Bertz CT molecular complexity index is 601. The molecule has 0 aliphatic heterocycles. The highest BCUT2D eigenvalue weighted by molar-refractivity contribution is 5.87. The molecule has 158 valence electrons. The van der Waals surface area contributed by atoms with Crippen LogP contribution in [0.1, 0.15) is 52.9 Å². The van der Waals surface area contributed by atoms with Gasteiger partial charge in [-0.25, -0.2) is 15.0 Å². The standard InChI is InChI=1S/C19H32N4O5/c1-4-14(5-2)28-16-9-13(18(25)26)8-15(17(16)21-11(3)24)22-19(27)23-20-10-12-6-7-12/h9,12,14-17,20H,4-8,10H2,1-3H3,(H,21,24)(H,25,26)(H2,22,23,27)/t15-,16+,17+/m0/s1. The van der Waals surface area contributed by atoms with Gasteiger partial charge in [0.2, 0.25) is 5.91 Å².